The summed E-state index contributed by atoms with van der Waals surface area (Å²) in [7, 11) is -6.03. The van der Waals surface area contributed by atoms with E-state index in [0.717, 1.165) is 11.1 Å². The zero-order valence-electron chi connectivity index (χ0n) is 18.9. The summed E-state index contributed by atoms with van der Waals surface area (Å²) in [5, 5.41) is 12.2. The van der Waals surface area contributed by atoms with E-state index < -0.39 is 19.7 Å². The van der Waals surface area contributed by atoms with E-state index in [4.69, 9.17) is 14.2 Å². The molecule has 12 nitrogen and oxygen atoms in total. The molecule has 0 amide bonds. The summed E-state index contributed by atoms with van der Waals surface area (Å²) < 4.78 is 63.5. The first-order chi connectivity index (χ1) is 15.8. The first-order valence-electron chi connectivity index (χ1n) is 10.9. The lowest BCUT2D eigenvalue weighted by molar-refractivity contribution is 0.0133. The molecule has 1 aliphatic rings. The second-order valence-electron chi connectivity index (χ2n) is 7.52. The number of rotatable bonds is 18. The number of hydrogen-bond acceptors (Lipinski definition) is 11. The van der Waals surface area contributed by atoms with Crippen LogP contribution in [0.2, 0.25) is 0 Å². The Morgan fingerprint density at radius 2 is 1.67 bits per heavy atom. The van der Waals surface area contributed by atoms with Crippen LogP contribution in [0.1, 0.15) is 5.69 Å². The maximum Gasteiger partial charge on any atom is 0.172 e. The summed E-state index contributed by atoms with van der Waals surface area (Å²) in [6.45, 7) is 9.23. The van der Waals surface area contributed by atoms with E-state index in [9.17, 15) is 16.8 Å². The molecule has 1 fully saturated rings. The molecule has 33 heavy (non-hydrogen) atoms. The molecule has 190 valence electrons. The van der Waals surface area contributed by atoms with Gasteiger partial charge in [-0.05, 0) is 0 Å². The highest BCUT2D eigenvalue weighted by Crippen LogP contribution is 2.07. The van der Waals surface area contributed by atoms with Gasteiger partial charge in [0.25, 0.3) is 0 Å². The van der Waals surface area contributed by atoms with E-state index in [1.54, 1.807) is 4.68 Å². The van der Waals surface area contributed by atoms with E-state index in [1.807, 2.05) is 6.20 Å². The predicted octanol–water partition coefficient (Wildman–Crippen LogP) is -1.29. The number of nitrogens with zero attached hydrogens (tertiary/aromatic N) is 4. The van der Waals surface area contributed by atoms with Crippen LogP contribution in [-0.2, 0) is 47.0 Å². The molecule has 0 atom stereocenters. The van der Waals surface area contributed by atoms with Gasteiger partial charge in [0.05, 0.1) is 69.1 Å². The minimum absolute atomic E-state index is 0.0323. The van der Waals surface area contributed by atoms with Crippen molar-refractivity contribution in [3.63, 3.8) is 0 Å². The molecule has 1 saturated heterocycles. The van der Waals surface area contributed by atoms with Gasteiger partial charge in [0.2, 0.25) is 0 Å². The topological polar surface area (TPSA) is 142 Å². The monoisotopic (exact) mass is 509 g/mol. The van der Waals surface area contributed by atoms with Crippen molar-refractivity contribution in [1.29, 1.82) is 0 Å². The van der Waals surface area contributed by atoms with Gasteiger partial charge in [-0.2, -0.15) is 0 Å². The summed E-state index contributed by atoms with van der Waals surface area (Å²) in [5.41, 5.74) is 0.814. The number of nitrogens with one attached hydrogen (secondary N) is 1. The van der Waals surface area contributed by atoms with E-state index in [1.165, 1.54) is 0 Å². The van der Waals surface area contributed by atoms with Gasteiger partial charge >= 0.3 is 0 Å². The van der Waals surface area contributed by atoms with Crippen molar-refractivity contribution in [3.8, 4) is 0 Å². The van der Waals surface area contributed by atoms with E-state index >= 15 is 0 Å². The molecule has 0 saturated carbocycles. The van der Waals surface area contributed by atoms with Crippen LogP contribution in [0.25, 0.3) is 0 Å². The maximum atomic E-state index is 11.5. The van der Waals surface area contributed by atoms with Crippen molar-refractivity contribution in [3.05, 3.63) is 23.9 Å². The average Bonchev–Trinajstić information content (AvgIpc) is 3.22. The highest BCUT2D eigenvalue weighted by Gasteiger charge is 2.22. The lowest BCUT2D eigenvalue weighted by atomic mass is 10.4. The molecule has 1 aliphatic heterocycles. The Kier molecular flexibility index (Phi) is 12.4. The van der Waals surface area contributed by atoms with Gasteiger partial charge in [0.15, 0.2) is 19.7 Å². The first kappa shape index (κ1) is 27.8. The van der Waals surface area contributed by atoms with Crippen LogP contribution in [0, 0.1) is 0 Å². The van der Waals surface area contributed by atoms with Crippen LogP contribution in [0.4, 0.5) is 0 Å². The lowest BCUT2D eigenvalue weighted by Gasteiger charge is -2.25. The maximum absolute atomic E-state index is 11.5. The molecule has 1 aromatic heterocycles. The van der Waals surface area contributed by atoms with E-state index in [0.29, 0.717) is 78.9 Å². The van der Waals surface area contributed by atoms with E-state index in [2.05, 4.69) is 27.1 Å². The SMILES string of the molecule is C=CS(=O)(=O)CCNCCOCCOCCOCCn1cc(CN2CCS(=O)(=O)CC2)nn1. The third-order valence-corrected chi connectivity index (χ3v) is 7.75. The molecule has 1 aromatic rings. The van der Waals surface area contributed by atoms with Crippen molar-refractivity contribution in [1.82, 2.24) is 25.2 Å². The van der Waals surface area contributed by atoms with Crippen LogP contribution >= 0.6 is 0 Å². The van der Waals surface area contributed by atoms with Crippen LogP contribution < -0.4 is 5.32 Å². The zero-order valence-corrected chi connectivity index (χ0v) is 20.6. The molecule has 0 aliphatic carbocycles. The van der Waals surface area contributed by atoms with Gasteiger partial charge in [-0.1, -0.05) is 11.8 Å². The van der Waals surface area contributed by atoms with Gasteiger partial charge in [-0.25, -0.2) is 21.5 Å². The standard InChI is InChI=1S/C19H35N5O7S2/c1-2-32(25,26)14-4-20-3-8-29-10-12-31-13-11-30-9-5-24-18-19(21-22-24)17-23-6-15-33(27,28)16-7-23/h2,18,20H,1,3-17H2. The Hall–Kier alpha value is -1.42. The molecule has 2 rings (SSSR count). The van der Waals surface area contributed by atoms with Crippen molar-refractivity contribution in [2.45, 2.75) is 13.1 Å². The Bertz CT molecular complexity index is 891. The normalized spacial score (nSPS) is 16.7. The Balaban J connectivity index is 1.38. The molecule has 1 N–H and O–H groups in total. The predicted molar refractivity (Wildman–Crippen MR) is 123 cm³/mol. The quantitative estimate of drug-likeness (QED) is 0.236. The fraction of sp³-hybridized carbons (Fsp3) is 0.789. The van der Waals surface area contributed by atoms with Crippen molar-refractivity contribution in [2.75, 3.05) is 83.1 Å². The largest absolute Gasteiger partial charge is 0.378 e. The molecule has 0 spiro atoms. The fourth-order valence-electron chi connectivity index (χ4n) is 2.92. The fourth-order valence-corrected chi connectivity index (χ4v) is 4.80. The van der Waals surface area contributed by atoms with Gasteiger partial charge < -0.3 is 19.5 Å². The molecule has 0 radical (unpaired) electrons. The average molecular weight is 510 g/mol. The number of aromatic nitrogens is 3. The minimum atomic E-state index is -3.16. The smallest absolute Gasteiger partial charge is 0.172 e. The molecular formula is C19H35N5O7S2. The van der Waals surface area contributed by atoms with Gasteiger partial charge in [-0.15, -0.1) is 5.10 Å². The molecule has 0 bridgehead atoms. The summed E-state index contributed by atoms with van der Waals surface area (Å²) >= 11 is 0. The van der Waals surface area contributed by atoms with Crippen LogP contribution in [0.3, 0.4) is 0 Å². The summed E-state index contributed by atoms with van der Waals surface area (Å²) in [6.07, 6.45) is 1.85. The molecule has 2 heterocycles. The van der Waals surface area contributed by atoms with Gasteiger partial charge in [0, 0.05) is 44.3 Å². The Morgan fingerprint density at radius 1 is 1.03 bits per heavy atom. The Morgan fingerprint density at radius 3 is 2.33 bits per heavy atom. The molecular weight excluding hydrogens is 474 g/mol. The lowest BCUT2D eigenvalue weighted by Crippen LogP contribution is -2.39. The molecule has 0 aromatic carbocycles. The summed E-state index contributed by atoms with van der Waals surface area (Å²) in [4.78, 5) is 2.07. The van der Waals surface area contributed by atoms with Crippen LogP contribution in [0.5, 0.6) is 0 Å². The summed E-state index contributed by atoms with van der Waals surface area (Å²) in [5.74, 6) is 0.431. The van der Waals surface area contributed by atoms with E-state index in [-0.39, 0.29) is 17.3 Å². The van der Waals surface area contributed by atoms with Crippen molar-refractivity contribution >= 4 is 19.7 Å². The molecule has 14 heteroatoms. The Labute approximate surface area is 196 Å². The third kappa shape index (κ3) is 12.6. The number of sulfone groups is 2. The summed E-state index contributed by atoms with van der Waals surface area (Å²) in [6, 6.07) is 0. The number of hydrogen-bond donors (Lipinski definition) is 1. The molecule has 0 unspecified atom stereocenters. The van der Waals surface area contributed by atoms with Gasteiger partial charge in [-0.3, -0.25) is 4.90 Å². The van der Waals surface area contributed by atoms with Crippen LogP contribution in [0.15, 0.2) is 18.2 Å². The van der Waals surface area contributed by atoms with Crippen molar-refractivity contribution in [2.24, 2.45) is 0 Å². The second-order valence-corrected chi connectivity index (χ2v) is 11.9. The first-order valence-corrected chi connectivity index (χ1v) is 14.4. The van der Waals surface area contributed by atoms with Crippen molar-refractivity contribution < 1.29 is 31.0 Å². The third-order valence-electron chi connectivity index (χ3n) is 4.86. The number of ether oxygens (including phenoxy) is 3. The highest BCUT2D eigenvalue weighted by molar-refractivity contribution is 7.94. The second kappa shape index (κ2) is 14.8. The highest BCUT2D eigenvalue weighted by atomic mass is 32.2. The minimum Gasteiger partial charge on any atom is -0.378 e. The zero-order chi connectivity index (χ0) is 24.0. The van der Waals surface area contributed by atoms with Crippen LogP contribution in [-0.4, -0.2) is 120 Å². The van der Waals surface area contributed by atoms with Gasteiger partial charge in [0.1, 0.15) is 0 Å².